The number of nitro groups is 1. The van der Waals surface area contributed by atoms with Gasteiger partial charge in [0.15, 0.2) is 0 Å². The maximum Gasteiger partial charge on any atom is 0.335 e. The third-order valence-electron chi connectivity index (χ3n) is 3.60. The van der Waals surface area contributed by atoms with Crippen LogP contribution in [-0.4, -0.2) is 28.1 Å². The normalized spacial score (nSPS) is 22.2. The van der Waals surface area contributed by atoms with Crippen LogP contribution in [0.1, 0.15) is 36.0 Å². The van der Waals surface area contributed by atoms with Crippen LogP contribution in [0.3, 0.4) is 0 Å². The minimum Gasteiger partial charge on any atom is -0.478 e. The number of carbonyl (C=O) groups is 1. The van der Waals surface area contributed by atoms with Gasteiger partial charge in [0.1, 0.15) is 5.69 Å². The molecule has 1 aliphatic carbocycles. The molecule has 0 bridgehead atoms. The Bertz CT molecular complexity index is 532. The van der Waals surface area contributed by atoms with Crippen LogP contribution in [0.2, 0.25) is 0 Å². The Morgan fingerprint density at radius 2 is 2.10 bits per heavy atom. The maximum atomic E-state index is 11.1. The minimum absolute atomic E-state index is 0.0156. The Balaban J connectivity index is 2.26. The molecular weight excluding hydrogens is 262 g/mol. The van der Waals surface area contributed by atoms with E-state index in [4.69, 9.17) is 10.8 Å². The summed E-state index contributed by atoms with van der Waals surface area (Å²) in [5.74, 6) is -1.19. The molecule has 1 saturated carbocycles. The molecule has 7 heteroatoms. The molecule has 2 unspecified atom stereocenters. The molecule has 0 saturated heterocycles. The van der Waals surface area contributed by atoms with E-state index in [1.165, 1.54) is 12.1 Å². The number of anilines is 1. The summed E-state index contributed by atoms with van der Waals surface area (Å²) in [5, 5.41) is 23.0. The number of nitrogens with two attached hydrogens (primary N) is 1. The van der Waals surface area contributed by atoms with Gasteiger partial charge in [-0.2, -0.15) is 0 Å². The fourth-order valence-electron chi connectivity index (χ4n) is 2.48. The highest BCUT2D eigenvalue weighted by Crippen LogP contribution is 2.29. The third kappa shape index (κ3) is 3.05. The minimum atomic E-state index is -1.19. The van der Waals surface area contributed by atoms with E-state index in [2.05, 4.69) is 5.32 Å². The Morgan fingerprint density at radius 3 is 2.70 bits per heavy atom. The summed E-state index contributed by atoms with van der Waals surface area (Å²) < 4.78 is 0. The molecule has 0 radical (unpaired) electrons. The van der Waals surface area contributed by atoms with Crippen molar-refractivity contribution in [2.24, 2.45) is 5.73 Å². The van der Waals surface area contributed by atoms with E-state index in [0.717, 1.165) is 31.7 Å². The number of nitrogens with one attached hydrogen (secondary N) is 1. The van der Waals surface area contributed by atoms with Gasteiger partial charge in [-0.1, -0.05) is 12.8 Å². The molecule has 0 aliphatic heterocycles. The Kier molecular flexibility index (Phi) is 4.19. The van der Waals surface area contributed by atoms with Crippen molar-refractivity contribution < 1.29 is 14.8 Å². The molecule has 7 nitrogen and oxygen atoms in total. The number of nitrogens with zero attached hydrogens (tertiary/aromatic N) is 1. The van der Waals surface area contributed by atoms with Crippen molar-refractivity contribution in [2.45, 2.75) is 37.8 Å². The molecule has 0 heterocycles. The fourth-order valence-corrected chi connectivity index (χ4v) is 2.48. The number of benzene rings is 1. The zero-order chi connectivity index (χ0) is 14.7. The van der Waals surface area contributed by atoms with E-state index in [-0.39, 0.29) is 23.3 Å². The highest BCUT2D eigenvalue weighted by molar-refractivity contribution is 5.89. The van der Waals surface area contributed by atoms with E-state index in [0.29, 0.717) is 5.69 Å². The van der Waals surface area contributed by atoms with Gasteiger partial charge in [0.25, 0.3) is 5.69 Å². The van der Waals surface area contributed by atoms with Crippen LogP contribution in [-0.2, 0) is 0 Å². The predicted molar refractivity (Wildman–Crippen MR) is 73.9 cm³/mol. The topological polar surface area (TPSA) is 118 Å². The molecule has 4 N–H and O–H groups in total. The van der Waals surface area contributed by atoms with E-state index < -0.39 is 10.9 Å². The summed E-state index contributed by atoms with van der Waals surface area (Å²) >= 11 is 0. The zero-order valence-electron chi connectivity index (χ0n) is 10.9. The first-order valence-corrected chi connectivity index (χ1v) is 6.53. The first-order chi connectivity index (χ1) is 9.49. The van der Waals surface area contributed by atoms with Crippen molar-refractivity contribution in [1.82, 2.24) is 0 Å². The lowest BCUT2D eigenvalue weighted by atomic mass is 9.91. The summed E-state index contributed by atoms with van der Waals surface area (Å²) in [5.41, 5.74) is 5.99. The van der Waals surface area contributed by atoms with Crippen LogP contribution in [0.5, 0.6) is 0 Å². The smallest absolute Gasteiger partial charge is 0.335 e. The molecule has 0 amide bonds. The highest BCUT2D eigenvalue weighted by atomic mass is 16.6. The molecular formula is C13H17N3O4. The standard InChI is InChI=1S/C13H17N3O4/c14-9-3-1-2-4-10(9)15-11-6-5-8(13(17)18)7-12(11)16(19)20/h5-7,9-10,15H,1-4,14H2,(H,17,18). The number of rotatable bonds is 4. The molecule has 108 valence electrons. The van der Waals surface area contributed by atoms with Crippen LogP contribution in [0.4, 0.5) is 11.4 Å². The summed E-state index contributed by atoms with van der Waals surface area (Å²) in [6, 6.07) is 3.80. The lowest BCUT2D eigenvalue weighted by Gasteiger charge is -2.30. The maximum absolute atomic E-state index is 11.1. The van der Waals surface area contributed by atoms with Crippen molar-refractivity contribution in [1.29, 1.82) is 0 Å². The van der Waals surface area contributed by atoms with Crippen LogP contribution in [0, 0.1) is 10.1 Å². The van der Waals surface area contributed by atoms with Crippen LogP contribution in [0.25, 0.3) is 0 Å². The molecule has 20 heavy (non-hydrogen) atoms. The van der Waals surface area contributed by atoms with Crippen LogP contribution in [0.15, 0.2) is 18.2 Å². The molecule has 2 atom stereocenters. The second-order valence-corrected chi connectivity index (χ2v) is 4.99. The lowest BCUT2D eigenvalue weighted by molar-refractivity contribution is -0.384. The number of hydrogen-bond donors (Lipinski definition) is 3. The van der Waals surface area contributed by atoms with E-state index >= 15 is 0 Å². The Labute approximate surface area is 115 Å². The van der Waals surface area contributed by atoms with Gasteiger partial charge in [-0.05, 0) is 25.0 Å². The zero-order valence-corrected chi connectivity index (χ0v) is 10.9. The lowest BCUT2D eigenvalue weighted by Crippen LogP contribution is -2.42. The number of nitro benzene ring substituents is 1. The predicted octanol–water partition coefficient (Wildman–Crippen LogP) is 1.97. The first kappa shape index (κ1) is 14.3. The molecule has 1 aliphatic rings. The average Bonchev–Trinajstić information content (AvgIpc) is 2.41. The summed E-state index contributed by atoms with van der Waals surface area (Å²) in [7, 11) is 0. The van der Waals surface area contributed by atoms with Gasteiger partial charge in [0, 0.05) is 18.2 Å². The number of carboxylic acids is 1. The molecule has 1 aromatic carbocycles. The molecule has 0 spiro atoms. The van der Waals surface area contributed by atoms with Gasteiger partial charge in [-0.15, -0.1) is 0 Å². The highest BCUT2D eigenvalue weighted by Gasteiger charge is 2.25. The van der Waals surface area contributed by atoms with Crippen molar-refractivity contribution in [3.8, 4) is 0 Å². The van der Waals surface area contributed by atoms with E-state index in [1.54, 1.807) is 0 Å². The van der Waals surface area contributed by atoms with E-state index in [1.807, 2.05) is 0 Å². The van der Waals surface area contributed by atoms with Gasteiger partial charge >= 0.3 is 5.97 Å². The van der Waals surface area contributed by atoms with Crippen molar-refractivity contribution >= 4 is 17.3 Å². The van der Waals surface area contributed by atoms with Gasteiger partial charge in [0.05, 0.1) is 10.5 Å². The largest absolute Gasteiger partial charge is 0.478 e. The van der Waals surface area contributed by atoms with Crippen molar-refractivity contribution in [3.05, 3.63) is 33.9 Å². The van der Waals surface area contributed by atoms with Gasteiger partial charge in [0.2, 0.25) is 0 Å². The Hall–Kier alpha value is -2.15. The number of aromatic carboxylic acids is 1. The van der Waals surface area contributed by atoms with Crippen molar-refractivity contribution in [2.75, 3.05) is 5.32 Å². The molecule has 1 aromatic rings. The number of carboxylic acid groups (broad SMARTS) is 1. The average molecular weight is 279 g/mol. The van der Waals surface area contributed by atoms with Crippen molar-refractivity contribution in [3.63, 3.8) is 0 Å². The van der Waals surface area contributed by atoms with Gasteiger partial charge < -0.3 is 16.2 Å². The summed E-state index contributed by atoms with van der Waals surface area (Å²) in [4.78, 5) is 21.3. The van der Waals surface area contributed by atoms with Crippen LogP contribution < -0.4 is 11.1 Å². The first-order valence-electron chi connectivity index (χ1n) is 6.53. The van der Waals surface area contributed by atoms with Gasteiger partial charge in [-0.25, -0.2) is 4.79 Å². The monoisotopic (exact) mass is 279 g/mol. The molecule has 2 rings (SSSR count). The van der Waals surface area contributed by atoms with Crippen LogP contribution >= 0.6 is 0 Å². The fraction of sp³-hybridized carbons (Fsp3) is 0.462. The van der Waals surface area contributed by atoms with E-state index in [9.17, 15) is 14.9 Å². The third-order valence-corrected chi connectivity index (χ3v) is 3.60. The molecule has 0 aromatic heterocycles. The second-order valence-electron chi connectivity index (χ2n) is 4.99. The summed E-state index contributed by atoms with van der Waals surface area (Å²) in [6.07, 6.45) is 3.85. The second kappa shape index (κ2) is 5.87. The number of hydrogen-bond acceptors (Lipinski definition) is 5. The quantitative estimate of drug-likeness (QED) is 0.572. The Morgan fingerprint density at radius 1 is 1.40 bits per heavy atom. The van der Waals surface area contributed by atoms with Gasteiger partial charge in [-0.3, -0.25) is 10.1 Å². The summed E-state index contributed by atoms with van der Waals surface area (Å²) in [6.45, 7) is 0. The molecule has 1 fully saturated rings. The SMILES string of the molecule is NC1CCCCC1Nc1ccc(C(=O)O)cc1[N+](=O)[O-].